The lowest BCUT2D eigenvalue weighted by molar-refractivity contribution is -0.119. The van der Waals surface area contributed by atoms with Gasteiger partial charge in [0.2, 0.25) is 11.8 Å². The van der Waals surface area contributed by atoms with Crippen LogP contribution < -0.4 is 20.5 Å². The monoisotopic (exact) mass is 472 g/mol. The molecule has 4 N–H and O–H groups in total. The van der Waals surface area contributed by atoms with Gasteiger partial charge in [-0.05, 0) is 60.8 Å². The Hall–Kier alpha value is -2.92. The Morgan fingerprint density at radius 3 is 2.61 bits per heavy atom. The molecule has 2 atom stereocenters. The molecule has 33 heavy (non-hydrogen) atoms. The number of carbonyl (C=O) groups is 2. The molecule has 0 bridgehead atoms. The van der Waals surface area contributed by atoms with Gasteiger partial charge in [0.1, 0.15) is 4.90 Å². The Bertz CT molecular complexity index is 1230. The van der Waals surface area contributed by atoms with Gasteiger partial charge in [-0.1, -0.05) is 6.07 Å². The number of urea groups is 1. The highest BCUT2D eigenvalue weighted by Crippen LogP contribution is 2.38. The van der Waals surface area contributed by atoms with Crippen LogP contribution in [0.15, 0.2) is 21.5 Å². The lowest BCUT2D eigenvalue weighted by Gasteiger charge is -2.24. The molecule has 0 saturated carbocycles. The molecule has 1 aliphatic heterocycles. The summed E-state index contributed by atoms with van der Waals surface area (Å²) in [4.78, 5) is 24.1. The molecule has 0 fully saturated rings. The number of nitrogens with zero attached hydrogens (tertiary/aromatic N) is 3. The highest BCUT2D eigenvalue weighted by atomic mass is 32.2. The average Bonchev–Trinajstić information content (AvgIpc) is 3.50. The van der Waals surface area contributed by atoms with Crippen molar-refractivity contribution in [3.05, 3.63) is 34.5 Å². The maximum Gasteiger partial charge on any atom is 0.354 e. The maximum absolute atomic E-state index is 13.2. The first kappa shape index (κ1) is 21.9. The number of amides is 3. The molecule has 2 aliphatic carbocycles. The number of aryl methyl sites for hydroxylation is 2. The van der Waals surface area contributed by atoms with E-state index in [0.717, 1.165) is 44.2 Å². The predicted octanol–water partition coefficient (Wildman–Crippen LogP) is 1.94. The smallest absolute Gasteiger partial charge is 0.354 e. The fourth-order valence-electron chi connectivity index (χ4n) is 5.01. The molecule has 176 valence electrons. The van der Waals surface area contributed by atoms with Crippen molar-refractivity contribution < 1.29 is 18.5 Å². The van der Waals surface area contributed by atoms with E-state index in [9.17, 15) is 13.8 Å². The summed E-state index contributed by atoms with van der Waals surface area (Å²) in [5.41, 5.74) is 5.73. The van der Waals surface area contributed by atoms with Crippen LogP contribution in [0, 0.1) is 5.92 Å². The second-order valence-corrected chi connectivity index (χ2v) is 10.7. The Morgan fingerprint density at radius 1 is 1.24 bits per heavy atom. The SMILES string of the molecule is CC(=O)NCC1COc2c(S(N)(=O)=NC(=O)Nc3c4c(cc5c3CCC5)CCC4)cnn2C1. The van der Waals surface area contributed by atoms with Gasteiger partial charge in [0.15, 0.2) is 9.92 Å². The number of hydrogen-bond donors (Lipinski definition) is 3. The number of ether oxygens (including phenoxy) is 1. The molecule has 0 spiro atoms. The maximum atomic E-state index is 13.2. The van der Waals surface area contributed by atoms with Crippen molar-refractivity contribution >= 4 is 27.5 Å². The minimum Gasteiger partial charge on any atom is -0.476 e. The molecule has 2 unspecified atom stereocenters. The van der Waals surface area contributed by atoms with E-state index in [1.54, 1.807) is 4.68 Å². The van der Waals surface area contributed by atoms with Gasteiger partial charge in [0, 0.05) is 25.1 Å². The van der Waals surface area contributed by atoms with Crippen molar-refractivity contribution in [2.75, 3.05) is 18.5 Å². The van der Waals surface area contributed by atoms with E-state index in [2.05, 4.69) is 26.2 Å². The topological polar surface area (TPSA) is 141 Å². The predicted molar refractivity (Wildman–Crippen MR) is 122 cm³/mol. The summed E-state index contributed by atoms with van der Waals surface area (Å²) in [5, 5.41) is 15.9. The van der Waals surface area contributed by atoms with E-state index in [0.29, 0.717) is 19.7 Å². The summed E-state index contributed by atoms with van der Waals surface area (Å²) in [6.45, 7) is 2.68. The molecular weight excluding hydrogens is 444 g/mol. The van der Waals surface area contributed by atoms with E-state index in [-0.39, 0.29) is 22.6 Å². The van der Waals surface area contributed by atoms with Crippen molar-refractivity contribution in [2.24, 2.45) is 15.4 Å². The molecule has 0 saturated heterocycles. The van der Waals surface area contributed by atoms with Gasteiger partial charge in [0.25, 0.3) is 0 Å². The molecule has 2 aromatic rings. The van der Waals surface area contributed by atoms with Gasteiger partial charge in [-0.15, -0.1) is 4.36 Å². The summed E-state index contributed by atoms with van der Waals surface area (Å²) in [7, 11) is -3.56. The van der Waals surface area contributed by atoms with Crippen molar-refractivity contribution in [3.63, 3.8) is 0 Å². The first-order valence-corrected chi connectivity index (χ1v) is 12.8. The zero-order valence-electron chi connectivity index (χ0n) is 18.6. The molecule has 11 heteroatoms. The molecule has 1 aromatic carbocycles. The van der Waals surface area contributed by atoms with Crippen LogP contribution in [0.2, 0.25) is 0 Å². The number of benzene rings is 1. The van der Waals surface area contributed by atoms with E-state index < -0.39 is 15.9 Å². The molecule has 5 rings (SSSR count). The van der Waals surface area contributed by atoms with Crippen LogP contribution in [0.25, 0.3) is 0 Å². The van der Waals surface area contributed by atoms with Crippen LogP contribution in [0.4, 0.5) is 10.5 Å². The number of anilines is 1. The summed E-state index contributed by atoms with van der Waals surface area (Å²) in [5.74, 6) is 0.150. The van der Waals surface area contributed by atoms with Crippen LogP contribution in [0.3, 0.4) is 0 Å². The summed E-state index contributed by atoms with van der Waals surface area (Å²) < 4.78 is 24.4. The lowest BCUT2D eigenvalue weighted by Crippen LogP contribution is -2.36. The van der Waals surface area contributed by atoms with Gasteiger partial charge in [-0.3, -0.25) is 4.79 Å². The van der Waals surface area contributed by atoms with Crippen LogP contribution in [-0.4, -0.2) is 39.1 Å². The lowest BCUT2D eigenvalue weighted by atomic mass is 9.99. The van der Waals surface area contributed by atoms with Crippen LogP contribution in [0.1, 0.15) is 42.0 Å². The minimum absolute atomic E-state index is 0.0190. The molecule has 10 nitrogen and oxygen atoms in total. The molecule has 3 aliphatic rings. The molecule has 3 amide bonds. The Labute approximate surface area is 192 Å². The van der Waals surface area contributed by atoms with Crippen molar-refractivity contribution in [1.29, 1.82) is 0 Å². The van der Waals surface area contributed by atoms with Gasteiger partial charge in [0.05, 0.1) is 19.3 Å². The largest absolute Gasteiger partial charge is 0.476 e. The first-order valence-electron chi connectivity index (χ1n) is 11.3. The zero-order chi connectivity index (χ0) is 23.2. The number of rotatable bonds is 4. The highest BCUT2D eigenvalue weighted by molar-refractivity contribution is 7.91. The van der Waals surface area contributed by atoms with E-state index >= 15 is 0 Å². The number of hydrogen-bond acceptors (Lipinski definition) is 5. The van der Waals surface area contributed by atoms with Crippen molar-refractivity contribution in [1.82, 2.24) is 15.1 Å². The number of nitrogens with one attached hydrogen (secondary N) is 2. The van der Waals surface area contributed by atoms with E-state index in [4.69, 9.17) is 9.88 Å². The molecule has 2 heterocycles. The number of fused-ring (bicyclic) bond motifs is 3. The van der Waals surface area contributed by atoms with Gasteiger partial charge >= 0.3 is 6.03 Å². The summed E-state index contributed by atoms with van der Waals surface area (Å²) in [6.07, 6.45) is 7.33. The van der Waals surface area contributed by atoms with Gasteiger partial charge < -0.3 is 15.4 Å². The van der Waals surface area contributed by atoms with E-state index in [1.807, 2.05) is 0 Å². The second-order valence-electron chi connectivity index (χ2n) is 8.93. The average molecular weight is 473 g/mol. The van der Waals surface area contributed by atoms with Crippen LogP contribution in [0.5, 0.6) is 5.88 Å². The quantitative estimate of drug-likeness (QED) is 0.624. The summed E-state index contributed by atoms with van der Waals surface area (Å²) >= 11 is 0. The van der Waals surface area contributed by atoms with E-state index in [1.165, 1.54) is 35.4 Å². The Morgan fingerprint density at radius 2 is 1.94 bits per heavy atom. The third-order valence-corrected chi connectivity index (χ3v) is 7.87. The minimum atomic E-state index is -3.56. The number of aromatic nitrogens is 2. The Balaban J connectivity index is 1.38. The Kier molecular flexibility index (Phi) is 5.61. The molecular formula is C22H28N6O4S. The van der Waals surface area contributed by atoms with Crippen molar-refractivity contribution in [3.8, 4) is 5.88 Å². The normalized spacial score (nSPS) is 20.1. The number of nitrogens with two attached hydrogens (primary N) is 1. The zero-order valence-corrected chi connectivity index (χ0v) is 19.4. The summed E-state index contributed by atoms with van der Waals surface area (Å²) in [6, 6.07) is 1.55. The fourth-order valence-corrected chi connectivity index (χ4v) is 6.01. The van der Waals surface area contributed by atoms with Crippen molar-refractivity contribution in [2.45, 2.75) is 56.9 Å². The second kappa shape index (κ2) is 8.45. The standard InChI is InChI=1S/C22H28N6O4S/c1-13(29)24-9-14-11-28-21(32-12-14)19(10-25-28)33(23,31)27-22(30)26-20-17-6-2-4-15(17)8-16-5-3-7-18(16)20/h8,10,14H,2-7,9,11-12H2,1H3,(H,24,29)(H3,23,26,27,30,31). The van der Waals surface area contributed by atoms with Crippen LogP contribution >= 0.6 is 0 Å². The number of carbonyl (C=O) groups excluding carboxylic acids is 2. The van der Waals surface area contributed by atoms with Gasteiger partial charge in [-0.2, -0.15) is 5.10 Å². The molecule has 0 radical (unpaired) electrons. The van der Waals surface area contributed by atoms with Crippen LogP contribution in [-0.2, 0) is 46.9 Å². The van der Waals surface area contributed by atoms with Gasteiger partial charge in [-0.25, -0.2) is 18.8 Å². The molecule has 1 aromatic heterocycles. The highest BCUT2D eigenvalue weighted by Gasteiger charge is 2.29. The fraction of sp³-hybridized carbons (Fsp3) is 0.500. The third-order valence-electron chi connectivity index (χ3n) is 6.52. The first-order chi connectivity index (χ1) is 15.8. The third kappa shape index (κ3) is 4.22.